The minimum Gasteiger partial charge on any atom is -0.274 e. The molecule has 3 nitrogen and oxygen atoms in total. The number of fused-ring (bicyclic) bond motifs is 2. The number of hydrogen-bond acceptors (Lipinski definition) is 3. The molecule has 2 heterocycles. The number of aromatic nitrogens is 2. The summed E-state index contributed by atoms with van der Waals surface area (Å²) in [6.45, 7) is 4.25. The number of aliphatic imine (C=N–C) groups is 1. The van der Waals surface area contributed by atoms with Gasteiger partial charge in [0, 0.05) is 22.2 Å². The second-order valence-corrected chi connectivity index (χ2v) is 6.94. The van der Waals surface area contributed by atoms with E-state index >= 15 is 0 Å². The summed E-state index contributed by atoms with van der Waals surface area (Å²) in [5.74, 6) is 0.667. The highest BCUT2D eigenvalue weighted by Gasteiger charge is 2.28. The number of hydrogen-bond donors (Lipinski definition) is 0. The number of para-hydroxylation sites is 1. The summed E-state index contributed by atoms with van der Waals surface area (Å²) in [4.78, 5) is 14.2. The van der Waals surface area contributed by atoms with Crippen LogP contribution in [0.1, 0.15) is 30.8 Å². The maximum Gasteiger partial charge on any atom is 0.178 e. The lowest BCUT2D eigenvalue weighted by molar-refractivity contribution is 0.513. The summed E-state index contributed by atoms with van der Waals surface area (Å²) in [5, 5.41) is 1.78. The molecule has 0 unspecified atom stereocenters. The highest BCUT2D eigenvalue weighted by molar-refractivity contribution is 6.31. The van der Waals surface area contributed by atoms with Crippen molar-refractivity contribution in [2.45, 2.75) is 25.8 Å². The Bertz CT molecular complexity index is 944. The van der Waals surface area contributed by atoms with E-state index in [0.717, 1.165) is 33.6 Å². The number of benzene rings is 2. The van der Waals surface area contributed by atoms with Crippen molar-refractivity contribution in [2.75, 3.05) is 0 Å². The molecule has 0 saturated heterocycles. The van der Waals surface area contributed by atoms with Crippen molar-refractivity contribution in [3.8, 4) is 0 Å². The van der Waals surface area contributed by atoms with Crippen molar-refractivity contribution < 1.29 is 0 Å². The summed E-state index contributed by atoms with van der Waals surface area (Å²) in [6.07, 6.45) is 2.72. The Morgan fingerprint density at radius 1 is 1.09 bits per heavy atom. The Balaban J connectivity index is 1.93. The van der Waals surface area contributed by atoms with Gasteiger partial charge in [0.1, 0.15) is 5.71 Å². The lowest BCUT2D eigenvalue weighted by Gasteiger charge is -2.28. The van der Waals surface area contributed by atoms with Crippen molar-refractivity contribution >= 4 is 28.2 Å². The number of rotatable bonds is 1. The van der Waals surface area contributed by atoms with Crippen LogP contribution in [0.5, 0.6) is 0 Å². The first-order valence-corrected chi connectivity index (χ1v) is 8.00. The van der Waals surface area contributed by atoms with Crippen LogP contribution < -0.4 is 0 Å². The van der Waals surface area contributed by atoms with Crippen LogP contribution in [0.4, 0.5) is 0 Å². The van der Waals surface area contributed by atoms with Gasteiger partial charge in [-0.3, -0.25) is 4.99 Å². The van der Waals surface area contributed by atoms with E-state index in [0.29, 0.717) is 5.82 Å². The predicted octanol–water partition coefficient (Wildman–Crippen LogP) is 4.46. The van der Waals surface area contributed by atoms with Gasteiger partial charge in [-0.15, -0.1) is 0 Å². The minimum atomic E-state index is -0.192. The van der Waals surface area contributed by atoms with Gasteiger partial charge in [0.25, 0.3) is 0 Å². The summed E-state index contributed by atoms with van der Waals surface area (Å²) < 4.78 is 0. The Morgan fingerprint density at radius 2 is 1.91 bits per heavy atom. The third-order valence-electron chi connectivity index (χ3n) is 4.06. The quantitative estimate of drug-likeness (QED) is 0.664. The molecule has 114 valence electrons. The van der Waals surface area contributed by atoms with E-state index in [1.165, 1.54) is 5.56 Å². The fourth-order valence-corrected chi connectivity index (χ4v) is 3.26. The summed E-state index contributed by atoms with van der Waals surface area (Å²) in [6, 6.07) is 13.9. The molecule has 0 atom stereocenters. The van der Waals surface area contributed by atoms with Crippen LogP contribution in [0.2, 0.25) is 5.02 Å². The molecule has 0 N–H and O–H groups in total. The molecule has 0 spiro atoms. The van der Waals surface area contributed by atoms with E-state index in [1.54, 1.807) is 0 Å². The highest BCUT2D eigenvalue weighted by Crippen LogP contribution is 2.30. The molecule has 4 rings (SSSR count). The van der Waals surface area contributed by atoms with Gasteiger partial charge in [-0.05, 0) is 44.0 Å². The van der Waals surface area contributed by atoms with Gasteiger partial charge in [-0.25, -0.2) is 9.97 Å². The first-order chi connectivity index (χ1) is 11.0. The summed E-state index contributed by atoms with van der Waals surface area (Å²) in [5.41, 5.74) is 3.85. The SMILES string of the molecule is CC1(C)Cc2cc(Cl)ccc2C(c2ncc3ccccc3n2)=N1. The van der Waals surface area contributed by atoms with Crippen LogP contribution >= 0.6 is 11.6 Å². The van der Waals surface area contributed by atoms with E-state index in [4.69, 9.17) is 21.6 Å². The standard InChI is InChI=1S/C19H16ClN3/c1-19(2)10-13-9-14(20)7-8-15(13)17(23-19)18-21-11-12-5-3-4-6-16(12)22-18/h3-9,11H,10H2,1-2H3. The third-order valence-corrected chi connectivity index (χ3v) is 4.30. The van der Waals surface area contributed by atoms with E-state index in [-0.39, 0.29) is 5.54 Å². The van der Waals surface area contributed by atoms with Gasteiger partial charge in [0.05, 0.1) is 11.1 Å². The molecule has 0 bridgehead atoms. The minimum absolute atomic E-state index is 0.192. The largest absolute Gasteiger partial charge is 0.274 e. The van der Waals surface area contributed by atoms with Crippen LogP contribution in [0.15, 0.2) is 53.7 Å². The molecule has 1 aliphatic rings. The predicted molar refractivity (Wildman–Crippen MR) is 94.4 cm³/mol. The van der Waals surface area contributed by atoms with E-state index < -0.39 is 0 Å². The third kappa shape index (κ3) is 2.62. The van der Waals surface area contributed by atoms with Gasteiger partial charge in [0.2, 0.25) is 0 Å². The molecule has 1 aliphatic heterocycles. The molecule has 0 saturated carbocycles. The normalized spacial score (nSPS) is 16.0. The Hall–Kier alpha value is -2.26. The zero-order valence-corrected chi connectivity index (χ0v) is 13.8. The van der Waals surface area contributed by atoms with Crippen LogP contribution in [-0.2, 0) is 6.42 Å². The molecule has 23 heavy (non-hydrogen) atoms. The molecular formula is C19H16ClN3. The summed E-state index contributed by atoms with van der Waals surface area (Å²) >= 11 is 6.17. The molecule has 1 aromatic heterocycles. The van der Waals surface area contributed by atoms with Gasteiger partial charge >= 0.3 is 0 Å². The number of halogens is 1. The smallest absolute Gasteiger partial charge is 0.178 e. The van der Waals surface area contributed by atoms with Crippen LogP contribution in [0.3, 0.4) is 0 Å². The number of nitrogens with zero attached hydrogens (tertiary/aromatic N) is 3. The van der Waals surface area contributed by atoms with E-state index in [1.807, 2.05) is 48.7 Å². The van der Waals surface area contributed by atoms with Crippen LogP contribution in [0.25, 0.3) is 10.9 Å². The second kappa shape index (κ2) is 5.14. The highest BCUT2D eigenvalue weighted by atomic mass is 35.5. The molecule has 0 radical (unpaired) electrons. The zero-order chi connectivity index (χ0) is 16.0. The van der Waals surface area contributed by atoms with Crippen molar-refractivity contribution in [2.24, 2.45) is 4.99 Å². The monoisotopic (exact) mass is 321 g/mol. The topological polar surface area (TPSA) is 38.1 Å². The Labute approximate surface area is 140 Å². The molecular weight excluding hydrogens is 306 g/mol. The first kappa shape index (κ1) is 14.3. The molecule has 2 aromatic carbocycles. The molecule has 3 aromatic rings. The van der Waals surface area contributed by atoms with Gasteiger partial charge in [-0.2, -0.15) is 0 Å². The Kier molecular flexibility index (Phi) is 3.20. The molecule has 4 heteroatoms. The fourth-order valence-electron chi connectivity index (χ4n) is 3.06. The molecule has 0 aliphatic carbocycles. The van der Waals surface area contributed by atoms with Crippen molar-refractivity contribution in [3.05, 3.63) is 70.6 Å². The summed E-state index contributed by atoms with van der Waals surface area (Å²) in [7, 11) is 0. The average molecular weight is 322 g/mol. The van der Waals surface area contributed by atoms with Crippen LogP contribution in [-0.4, -0.2) is 21.2 Å². The van der Waals surface area contributed by atoms with E-state index in [9.17, 15) is 0 Å². The van der Waals surface area contributed by atoms with Crippen LogP contribution in [0, 0.1) is 0 Å². The van der Waals surface area contributed by atoms with Crippen molar-refractivity contribution in [1.82, 2.24) is 9.97 Å². The zero-order valence-electron chi connectivity index (χ0n) is 13.0. The molecule has 0 fully saturated rings. The lowest BCUT2D eigenvalue weighted by Crippen LogP contribution is -2.30. The van der Waals surface area contributed by atoms with Gasteiger partial charge in [-0.1, -0.05) is 35.9 Å². The molecule has 0 amide bonds. The maximum absolute atomic E-state index is 6.17. The van der Waals surface area contributed by atoms with Gasteiger partial charge in [0.15, 0.2) is 5.82 Å². The Morgan fingerprint density at radius 3 is 2.78 bits per heavy atom. The lowest BCUT2D eigenvalue weighted by atomic mass is 9.86. The average Bonchev–Trinajstić information content (AvgIpc) is 2.52. The van der Waals surface area contributed by atoms with Gasteiger partial charge < -0.3 is 0 Å². The van der Waals surface area contributed by atoms with Crippen molar-refractivity contribution in [3.63, 3.8) is 0 Å². The van der Waals surface area contributed by atoms with E-state index in [2.05, 4.69) is 18.8 Å². The second-order valence-electron chi connectivity index (χ2n) is 6.50. The fraction of sp³-hybridized carbons (Fsp3) is 0.211. The first-order valence-electron chi connectivity index (χ1n) is 7.63. The maximum atomic E-state index is 6.17. The van der Waals surface area contributed by atoms with Crippen molar-refractivity contribution in [1.29, 1.82) is 0 Å².